The maximum atomic E-state index is 12.3. The van der Waals surface area contributed by atoms with Gasteiger partial charge in [0.2, 0.25) is 0 Å². The summed E-state index contributed by atoms with van der Waals surface area (Å²) in [6.45, 7) is 6.90. The first-order chi connectivity index (χ1) is 8.63. The van der Waals surface area contributed by atoms with Crippen LogP contribution in [0.1, 0.15) is 31.0 Å². The molecule has 0 aliphatic heterocycles. The minimum absolute atomic E-state index is 0.0878. The van der Waals surface area contributed by atoms with Crippen molar-refractivity contribution in [2.75, 3.05) is 0 Å². The third kappa shape index (κ3) is 2.40. The molecule has 0 radical (unpaired) electrons. The molecule has 0 unspecified atom stereocenters. The molecule has 0 saturated carbocycles. The molecule has 0 atom stereocenters. The number of unbranched alkanes of at least 4 members (excludes halogenated alkanes) is 1. The van der Waals surface area contributed by atoms with E-state index < -0.39 is 0 Å². The number of hydrogen-bond donors (Lipinski definition) is 1. The van der Waals surface area contributed by atoms with Crippen molar-refractivity contribution in [2.45, 2.75) is 40.2 Å². The number of nitrogens with one attached hydrogen (secondary N) is 1. The van der Waals surface area contributed by atoms with Crippen molar-refractivity contribution < 1.29 is 0 Å². The van der Waals surface area contributed by atoms with Crippen molar-refractivity contribution in [1.82, 2.24) is 9.78 Å². The average molecular weight is 244 g/mol. The van der Waals surface area contributed by atoms with Gasteiger partial charge in [-0.2, -0.15) is 0 Å². The molecule has 1 heterocycles. The van der Waals surface area contributed by atoms with E-state index >= 15 is 0 Å². The van der Waals surface area contributed by atoms with E-state index in [1.807, 2.05) is 38.1 Å². The highest BCUT2D eigenvalue weighted by Gasteiger charge is 2.12. The summed E-state index contributed by atoms with van der Waals surface area (Å²) in [6, 6.07) is 8.10. The van der Waals surface area contributed by atoms with Crippen molar-refractivity contribution in [2.24, 2.45) is 0 Å². The molecule has 1 N–H and O–H groups in total. The van der Waals surface area contributed by atoms with Gasteiger partial charge in [0.05, 0.1) is 5.56 Å². The zero-order chi connectivity index (χ0) is 13.1. The minimum atomic E-state index is 0.0878. The molecule has 96 valence electrons. The Bertz CT molecular complexity index is 576. The molecule has 3 nitrogen and oxygen atoms in total. The third-order valence-corrected chi connectivity index (χ3v) is 3.21. The second kappa shape index (κ2) is 5.25. The summed E-state index contributed by atoms with van der Waals surface area (Å²) >= 11 is 0. The molecule has 1 aromatic carbocycles. The van der Waals surface area contributed by atoms with Gasteiger partial charge in [-0.3, -0.25) is 14.6 Å². The predicted octanol–water partition coefficient (Wildman–Crippen LogP) is 3.26. The fourth-order valence-corrected chi connectivity index (χ4v) is 2.14. The maximum absolute atomic E-state index is 12.3. The maximum Gasteiger partial charge on any atom is 0.274 e. The average Bonchev–Trinajstić information content (AvgIpc) is 2.63. The lowest BCUT2D eigenvalue weighted by Gasteiger charge is -1.99. The lowest BCUT2D eigenvalue weighted by molar-refractivity contribution is 0.554. The quantitative estimate of drug-likeness (QED) is 0.880. The molecule has 3 heteroatoms. The Labute approximate surface area is 107 Å². The van der Waals surface area contributed by atoms with Crippen LogP contribution in [0.3, 0.4) is 0 Å². The zero-order valence-electron chi connectivity index (χ0n) is 11.3. The highest BCUT2D eigenvalue weighted by molar-refractivity contribution is 5.65. The number of nitrogens with zero attached hydrogens (tertiary/aromatic N) is 1. The highest BCUT2D eigenvalue weighted by atomic mass is 16.1. The summed E-state index contributed by atoms with van der Waals surface area (Å²) in [5.41, 5.74) is 4.03. The Morgan fingerprint density at radius 1 is 1.17 bits per heavy atom. The minimum Gasteiger partial charge on any atom is -0.299 e. The van der Waals surface area contributed by atoms with E-state index in [-0.39, 0.29) is 5.56 Å². The fourth-order valence-electron chi connectivity index (χ4n) is 2.14. The number of aromatic amines is 1. The molecule has 0 aliphatic rings. The van der Waals surface area contributed by atoms with Gasteiger partial charge in [-0.05, 0) is 25.8 Å². The topological polar surface area (TPSA) is 37.8 Å². The molecule has 0 spiro atoms. The predicted molar refractivity (Wildman–Crippen MR) is 74.9 cm³/mol. The van der Waals surface area contributed by atoms with Crippen LogP contribution in [-0.4, -0.2) is 9.78 Å². The van der Waals surface area contributed by atoms with E-state index in [1.165, 1.54) is 5.56 Å². The Hall–Kier alpha value is -1.77. The lowest BCUT2D eigenvalue weighted by atomic mass is 10.1. The van der Waals surface area contributed by atoms with Crippen LogP contribution in [0.4, 0.5) is 0 Å². The number of benzene rings is 1. The number of aromatic nitrogens is 2. The van der Waals surface area contributed by atoms with Crippen molar-refractivity contribution >= 4 is 0 Å². The van der Waals surface area contributed by atoms with Crippen LogP contribution in [0.2, 0.25) is 0 Å². The van der Waals surface area contributed by atoms with Gasteiger partial charge in [0, 0.05) is 12.2 Å². The van der Waals surface area contributed by atoms with Crippen molar-refractivity contribution in [3.63, 3.8) is 0 Å². The van der Waals surface area contributed by atoms with Crippen LogP contribution in [0.15, 0.2) is 29.1 Å². The molecule has 0 amide bonds. The second-order valence-electron chi connectivity index (χ2n) is 4.79. The van der Waals surface area contributed by atoms with Crippen LogP contribution in [0, 0.1) is 13.8 Å². The molecule has 0 fully saturated rings. The molecule has 0 saturated heterocycles. The van der Waals surface area contributed by atoms with Crippen LogP contribution in [0.25, 0.3) is 11.1 Å². The van der Waals surface area contributed by atoms with Gasteiger partial charge < -0.3 is 0 Å². The second-order valence-corrected chi connectivity index (χ2v) is 4.79. The van der Waals surface area contributed by atoms with E-state index in [0.717, 1.165) is 36.2 Å². The van der Waals surface area contributed by atoms with Crippen LogP contribution < -0.4 is 5.56 Å². The number of H-pyrrole nitrogens is 1. The molecule has 0 aliphatic carbocycles. The zero-order valence-corrected chi connectivity index (χ0v) is 11.3. The summed E-state index contributed by atoms with van der Waals surface area (Å²) in [7, 11) is 0. The Morgan fingerprint density at radius 3 is 2.44 bits per heavy atom. The summed E-state index contributed by atoms with van der Waals surface area (Å²) in [4.78, 5) is 12.3. The van der Waals surface area contributed by atoms with Crippen LogP contribution in [0.5, 0.6) is 0 Å². The third-order valence-electron chi connectivity index (χ3n) is 3.21. The van der Waals surface area contributed by atoms with Gasteiger partial charge in [-0.1, -0.05) is 43.2 Å². The molecule has 18 heavy (non-hydrogen) atoms. The van der Waals surface area contributed by atoms with Crippen molar-refractivity contribution in [3.8, 4) is 11.1 Å². The van der Waals surface area contributed by atoms with Gasteiger partial charge in [-0.15, -0.1) is 0 Å². The van der Waals surface area contributed by atoms with Crippen LogP contribution in [-0.2, 0) is 6.54 Å². The monoisotopic (exact) mass is 244 g/mol. The molecule has 1 aromatic heterocycles. The SMILES string of the molecule is CCCCn1[nH]c(C)c(-c2ccc(C)cc2)c1=O. The smallest absolute Gasteiger partial charge is 0.274 e. The number of rotatable bonds is 4. The van der Waals surface area contributed by atoms with Crippen molar-refractivity contribution in [3.05, 3.63) is 45.9 Å². The van der Waals surface area contributed by atoms with Gasteiger partial charge in [0.25, 0.3) is 5.56 Å². The van der Waals surface area contributed by atoms with Gasteiger partial charge in [0.15, 0.2) is 0 Å². The molecule has 2 aromatic rings. The largest absolute Gasteiger partial charge is 0.299 e. The summed E-state index contributed by atoms with van der Waals surface area (Å²) < 4.78 is 1.72. The van der Waals surface area contributed by atoms with E-state index in [4.69, 9.17) is 0 Å². The summed E-state index contributed by atoms with van der Waals surface area (Å²) in [5.74, 6) is 0. The standard InChI is InChI=1S/C15H20N2O/c1-4-5-10-17-15(18)14(12(3)16-17)13-8-6-11(2)7-9-13/h6-9,16H,4-5,10H2,1-3H3. The molecule has 0 bridgehead atoms. The normalized spacial score (nSPS) is 10.8. The first kappa shape index (κ1) is 12.7. The lowest BCUT2D eigenvalue weighted by Crippen LogP contribution is -2.17. The van der Waals surface area contributed by atoms with E-state index in [2.05, 4.69) is 12.0 Å². The molecular formula is C15H20N2O. The molecule has 2 rings (SSSR count). The first-order valence-corrected chi connectivity index (χ1v) is 6.50. The summed E-state index contributed by atoms with van der Waals surface area (Å²) in [5, 5.41) is 3.17. The van der Waals surface area contributed by atoms with Gasteiger partial charge in [-0.25, -0.2) is 0 Å². The number of hydrogen-bond acceptors (Lipinski definition) is 1. The van der Waals surface area contributed by atoms with E-state index in [1.54, 1.807) is 4.68 Å². The Morgan fingerprint density at radius 2 is 1.83 bits per heavy atom. The highest BCUT2D eigenvalue weighted by Crippen LogP contribution is 2.19. The summed E-state index contributed by atoms with van der Waals surface area (Å²) in [6.07, 6.45) is 2.11. The first-order valence-electron chi connectivity index (χ1n) is 6.50. The van der Waals surface area contributed by atoms with Crippen LogP contribution >= 0.6 is 0 Å². The van der Waals surface area contributed by atoms with Gasteiger partial charge in [0.1, 0.15) is 0 Å². The van der Waals surface area contributed by atoms with Crippen molar-refractivity contribution in [1.29, 1.82) is 0 Å². The van der Waals surface area contributed by atoms with E-state index in [9.17, 15) is 4.79 Å². The fraction of sp³-hybridized carbons (Fsp3) is 0.400. The Balaban J connectivity index is 2.42. The number of aryl methyl sites for hydroxylation is 3. The van der Waals surface area contributed by atoms with Gasteiger partial charge >= 0.3 is 0 Å². The van der Waals surface area contributed by atoms with E-state index in [0.29, 0.717) is 0 Å². The Kier molecular flexibility index (Phi) is 3.70. The molecular weight excluding hydrogens is 224 g/mol.